The summed E-state index contributed by atoms with van der Waals surface area (Å²) in [5.41, 5.74) is 2.98. The van der Waals surface area contributed by atoms with Crippen molar-refractivity contribution in [3.05, 3.63) is 45.8 Å². The maximum Gasteiger partial charge on any atom is 0.226 e. The largest absolute Gasteiger partial charge is 0.497 e. The molecule has 6 heteroatoms. The second-order valence-electron chi connectivity index (χ2n) is 7.05. The molecule has 1 aliphatic rings. The quantitative estimate of drug-likeness (QED) is 0.711. The van der Waals surface area contributed by atoms with Crippen LogP contribution in [0.1, 0.15) is 54.3 Å². The number of anilines is 1. The minimum Gasteiger partial charge on any atom is -0.497 e. The molecule has 3 rings (SSSR count). The Morgan fingerprint density at radius 2 is 2.25 bits per heavy atom. The zero-order valence-electron chi connectivity index (χ0n) is 16.7. The highest BCUT2D eigenvalue weighted by Crippen LogP contribution is 2.38. The Hall–Kier alpha value is -2.36. The highest BCUT2D eigenvalue weighted by atomic mass is 32.1. The molecule has 0 saturated heterocycles. The molecule has 1 heterocycles. The van der Waals surface area contributed by atoms with E-state index in [1.165, 1.54) is 10.4 Å². The van der Waals surface area contributed by atoms with Crippen molar-refractivity contribution in [1.82, 2.24) is 4.90 Å². The SMILES string of the molecule is CCN(CCC(=O)Nc1sc2c(c1C#N)CCC2)C(C)c1cccc(OC)c1. The van der Waals surface area contributed by atoms with Gasteiger partial charge in [-0.1, -0.05) is 19.1 Å². The lowest BCUT2D eigenvalue weighted by molar-refractivity contribution is -0.116. The van der Waals surface area contributed by atoms with Crippen LogP contribution in [-0.2, 0) is 17.6 Å². The Morgan fingerprint density at radius 3 is 2.96 bits per heavy atom. The van der Waals surface area contributed by atoms with Crippen LogP contribution in [-0.4, -0.2) is 31.0 Å². The third-order valence-electron chi connectivity index (χ3n) is 5.44. The Kier molecular flexibility index (Phi) is 6.71. The molecule has 0 bridgehead atoms. The first-order chi connectivity index (χ1) is 13.6. The van der Waals surface area contributed by atoms with Gasteiger partial charge in [0.1, 0.15) is 16.8 Å². The van der Waals surface area contributed by atoms with Crippen LogP contribution in [0, 0.1) is 11.3 Å². The van der Waals surface area contributed by atoms with Gasteiger partial charge in [-0.2, -0.15) is 5.26 Å². The number of ether oxygens (including phenoxy) is 1. The molecule has 2 aromatic rings. The number of carbonyl (C=O) groups excluding carboxylic acids is 1. The van der Waals surface area contributed by atoms with Crippen molar-refractivity contribution in [2.24, 2.45) is 0 Å². The van der Waals surface area contributed by atoms with Crippen molar-refractivity contribution < 1.29 is 9.53 Å². The van der Waals surface area contributed by atoms with Gasteiger partial charge in [0.15, 0.2) is 0 Å². The van der Waals surface area contributed by atoms with Crippen LogP contribution >= 0.6 is 11.3 Å². The summed E-state index contributed by atoms with van der Waals surface area (Å²) in [7, 11) is 1.67. The topological polar surface area (TPSA) is 65.4 Å². The summed E-state index contributed by atoms with van der Waals surface area (Å²) in [4.78, 5) is 16.1. The minimum absolute atomic E-state index is 0.0345. The number of rotatable bonds is 8. The molecule has 1 aromatic carbocycles. The van der Waals surface area contributed by atoms with Crippen molar-refractivity contribution in [3.8, 4) is 11.8 Å². The summed E-state index contributed by atoms with van der Waals surface area (Å²) in [6.45, 7) is 5.76. The smallest absolute Gasteiger partial charge is 0.226 e. The zero-order valence-corrected chi connectivity index (χ0v) is 17.6. The van der Waals surface area contributed by atoms with Crippen molar-refractivity contribution >= 4 is 22.2 Å². The first-order valence-electron chi connectivity index (χ1n) is 9.79. The lowest BCUT2D eigenvalue weighted by Crippen LogP contribution is -2.30. The average molecular weight is 398 g/mol. The fraction of sp³-hybridized carbons (Fsp3) is 0.455. The van der Waals surface area contributed by atoms with E-state index in [4.69, 9.17) is 4.74 Å². The lowest BCUT2D eigenvalue weighted by Gasteiger charge is -2.28. The van der Waals surface area contributed by atoms with Gasteiger partial charge in [-0.25, -0.2) is 0 Å². The molecule has 0 aliphatic heterocycles. The highest BCUT2D eigenvalue weighted by molar-refractivity contribution is 7.16. The van der Waals surface area contributed by atoms with Gasteiger partial charge >= 0.3 is 0 Å². The molecule has 0 fully saturated rings. The zero-order chi connectivity index (χ0) is 20.1. The standard InChI is InChI=1S/C22H27N3O2S/c1-4-25(15(2)16-7-5-8-17(13-16)27-3)12-11-21(26)24-22-19(14-23)18-9-6-10-20(18)28-22/h5,7-8,13,15H,4,6,9-12H2,1-3H3,(H,24,26). The van der Waals surface area contributed by atoms with Crippen LogP contribution in [0.15, 0.2) is 24.3 Å². The van der Waals surface area contributed by atoms with E-state index in [1.807, 2.05) is 18.2 Å². The van der Waals surface area contributed by atoms with Gasteiger partial charge in [-0.05, 0) is 56.0 Å². The van der Waals surface area contributed by atoms with Crippen molar-refractivity contribution in [2.45, 2.75) is 45.6 Å². The molecule has 1 aliphatic carbocycles. The first-order valence-corrected chi connectivity index (χ1v) is 10.6. The van der Waals surface area contributed by atoms with Crippen molar-refractivity contribution in [2.75, 3.05) is 25.5 Å². The lowest BCUT2D eigenvalue weighted by atomic mass is 10.1. The molecular formula is C22H27N3O2S. The molecule has 1 amide bonds. The van der Waals surface area contributed by atoms with E-state index in [0.29, 0.717) is 18.5 Å². The molecule has 1 unspecified atom stereocenters. The van der Waals surface area contributed by atoms with Crippen molar-refractivity contribution in [1.29, 1.82) is 5.26 Å². The second-order valence-corrected chi connectivity index (χ2v) is 8.16. The van der Waals surface area contributed by atoms with Crippen LogP contribution < -0.4 is 10.1 Å². The highest BCUT2D eigenvalue weighted by Gasteiger charge is 2.23. The predicted molar refractivity (Wildman–Crippen MR) is 113 cm³/mol. The van der Waals surface area contributed by atoms with Gasteiger partial charge in [-0.3, -0.25) is 9.69 Å². The number of carbonyl (C=O) groups is 1. The van der Waals surface area contributed by atoms with Gasteiger partial charge < -0.3 is 10.1 Å². The van der Waals surface area contributed by atoms with E-state index in [2.05, 4.69) is 36.2 Å². The van der Waals surface area contributed by atoms with Gasteiger partial charge in [0, 0.05) is 23.9 Å². The summed E-state index contributed by atoms with van der Waals surface area (Å²) in [5.74, 6) is 0.806. The van der Waals surface area contributed by atoms with E-state index in [-0.39, 0.29) is 11.9 Å². The fourth-order valence-electron chi connectivity index (χ4n) is 3.78. The molecule has 5 nitrogen and oxygen atoms in total. The number of fused-ring (bicyclic) bond motifs is 1. The molecule has 148 valence electrons. The maximum atomic E-state index is 12.5. The third-order valence-corrected chi connectivity index (χ3v) is 6.65. The summed E-state index contributed by atoms with van der Waals surface area (Å²) >= 11 is 1.57. The number of methoxy groups -OCH3 is 1. The van der Waals surface area contributed by atoms with E-state index in [0.717, 1.165) is 42.1 Å². The van der Waals surface area contributed by atoms with E-state index in [9.17, 15) is 10.1 Å². The fourth-order valence-corrected chi connectivity index (χ4v) is 5.04. The van der Waals surface area contributed by atoms with Crippen LogP contribution in [0.3, 0.4) is 0 Å². The number of nitriles is 1. The Balaban J connectivity index is 1.60. The van der Waals surface area contributed by atoms with Gasteiger partial charge in [0.25, 0.3) is 0 Å². The normalized spacial score (nSPS) is 13.8. The number of nitrogens with zero attached hydrogens (tertiary/aromatic N) is 2. The van der Waals surface area contributed by atoms with Crippen LogP contribution in [0.25, 0.3) is 0 Å². The number of benzene rings is 1. The minimum atomic E-state index is -0.0345. The van der Waals surface area contributed by atoms with Crippen LogP contribution in [0.4, 0.5) is 5.00 Å². The summed E-state index contributed by atoms with van der Waals surface area (Å²) in [6.07, 6.45) is 3.48. The van der Waals surface area contributed by atoms with E-state index in [1.54, 1.807) is 18.4 Å². The van der Waals surface area contributed by atoms with Crippen LogP contribution in [0.2, 0.25) is 0 Å². The van der Waals surface area contributed by atoms with E-state index >= 15 is 0 Å². The monoisotopic (exact) mass is 397 g/mol. The third kappa shape index (κ3) is 4.37. The average Bonchev–Trinajstić information content (AvgIpc) is 3.28. The molecule has 0 saturated carbocycles. The molecule has 28 heavy (non-hydrogen) atoms. The molecule has 1 atom stereocenters. The number of thiophene rings is 1. The summed E-state index contributed by atoms with van der Waals surface area (Å²) in [5, 5.41) is 13.2. The number of aryl methyl sites for hydroxylation is 1. The second kappa shape index (κ2) is 9.22. The molecule has 0 spiro atoms. The number of amides is 1. The number of nitrogens with one attached hydrogen (secondary N) is 1. The van der Waals surface area contributed by atoms with Crippen LogP contribution in [0.5, 0.6) is 5.75 Å². The Bertz CT molecular complexity index is 884. The Morgan fingerprint density at radius 1 is 1.43 bits per heavy atom. The number of hydrogen-bond acceptors (Lipinski definition) is 5. The molecular weight excluding hydrogens is 370 g/mol. The summed E-state index contributed by atoms with van der Waals surface area (Å²) in [6, 6.07) is 10.5. The predicted octanol–water partition coefficient (Wildman–Crippen LogP) is 4.53. The number of hydrogen-bond donors (Lipinski definition) is 1. The maximum absolute atomic E-state index is 12.5. The van der Waals surface area contributed by atoms with E-state index < -0.39 is 0 Å². The molecule has 1 aromatic heterocycles. The van der Waals surface area contributed by atoms with Gasteiger partial charge in [0.2, 0.25) is 5.91 Å². The molecule has 1 N–H and O–H groups in total. The Labute approximate surface area is 170 Å². The first kappa shape index (κ1) is 20.4. The summed E-state index contributed by atoms with van der Waals surface area (Å²) < 4.78 is 5.32. The van der Waals surface area contributed by atoms with Crippen molar-refractivity contribution in [3.63, 3.8) is 0 Å². The molecule has 0 radical (unpaired) electrons. The van der Waals surface area contributed by atoms with Gasteiger partial charge in [-0.15, -0.1) is 11.3 Å². The van der Waals surface area contributed by atoms with Gasteiger partial charge in [0.05, 0.1) is 12.7 Å².